The molecule has 0 atom stereocenters. The quantitative estimate of drug-likeness (QED) is 0.589. The highest BCUT2D eigenvalue weighted by Gasteiger charge is 2.06. The number of nitrogens with one attached hydrogen (secondary N) is 1. The number of fused-ring (bicyclic) bond motifs is 1. The second-order valence-electron chi connectivity index (χ2n) is 6.17. The van der Waals surface area contributed by atoms with Crippen molar-refractivity contribution in [1.29, 1.82) is 0 Å². The van der Waals surface area contributed by atoms with Crippen molar-refractivity contribution in [2.24, 2.45) is 0 Å². The second-order valence-corrected chi connectivity index (χ2v) is 6.17. The van der Waals surface area contributed by atoms with E-state index in [4.69, 9.17) is 4.74 Å². The van der Waals surface area contributed by atoms with E-state index >= 15 is 0 Å². The van der Waals surface area contributed by atoms with Crippen LogP contribution >= 0.6 is 0 Å². The number of nitrogens with zero attached hydrogens (tertiary/aromatic N) is 2. The minimum absolute atomic E-state index is 0.530. The fourth-order valence-corrected chi connectivity index (χ4v) is 2.94. The highest BCUT2D eigenvalue weighted by molar-refractivity contribution is 5.79. The zero-order chi connectivity index (χ0) is 17.1. The Hall–Kier alpha value is -3.14. The summed E-state index contributed by atoms with van der Waals surface area (Å²) in [5, 5.41) is 1.15. The number of aromatic nitrogens is 3. The summed E-state index contributed by atoms with van der Waals surface area (Å²) < 4.78 is 5.78. The Morgan fingerprint density at radius 1 is 1.00 bits per heavy atom. The molecule has 3 aromatic heterocycles. The number of aryl methyl sites for hydroxylation is 1. The number of H-pyrrole nitrogens is 1. The molecule has 0 aliphatic rings. The fraction of sp³-hybridized carbons (Fsp3) is 0.143. The van der Waals surface area contributed by atoms with E-state index in [1.807, 2.05) is 30.6 Å². The van der Waals surface area contributed by atoms with Gasteiger partial charge in [-0.2, -0.15) is 0 Å². The summed E-state index contributed by atoms with van der Waals surface area (Å²) in [5.41, 5.74) is 5.67. The Morgan fingerprint density at radius 3 is 2.80 bits per heavy atom. The number of hydrogen-bond acceptors (Lipinski definition) is 3. The number of benzene rings is 1. The lowest BCUT2D eigenvalue weighted by Gasteiger charge is -2.07. The van der Waals surface area contributed by atoms with Gasteiger partial charge in [0.05, 0.1) is 0 Å². The minimum atomic E-state index is 0.530. The maximum atomic E-state index is 5.78. The zero-order valence-corrected chi connectivity index (χ0v) is 14.1. The first-order chi connectivity index (χ1) is 12.3. The highest BCUT2D eigenvalue weighted by Crippen LogP contribution is 2.20. The molecule has 4 aromatic rings. The van der Waals surface area contributed by atoms with Crippen molar-refractivity contribution in [3.05, 3.63) is 89.4 Å². The van der Waals surface area contributed by atoms with Gasteiger partial charge < -0.3 is 9.72 Å². The van der Waals surface area contributed by atoms with Crippen LogP contribution in [-0.4, -0.2) is 15.0 Å². The zero-order valence-electron chi connectivity index (χ0n) is 14.1. The molecule has 0 aliphatic heterocycles. The maximum Gasteiger partial charge on any atom is 0.213 e. The van der Waals surface area contributed by atoms with Crippen LogP contribution in [0.1, 0.15) is 22.3 Å². The van der Waals surface area contributed by atoms with Crippen molar-refractivity contribution < 1.29 is 4.74 Å². The molecule has 0 saturated heterocycles. The molecule has 0 radical (unpaired) electrons. The van der Waals surface area contributed by atoms with Gasteiger partial charge in [0.1, 0.15) is 12.3 Å². The van der Waals surface area contributed by atoms with E-state index in [0.29, 0.717) is 12.5 Å². The monoisotopic (exact) mass is 329 g/mol. The highest BCUT2D eigenvalue weighted by atomic mass is 16.5. The van der Waals surface area contributed by atoms with Crippen molar-refractivity contribution in [3.63, 3.8) is 0 Å². The van der Waals surface area contributed by atoms with E-state index < -0.39 is 0 Å². The third kappa shape index (κ3) is 3.53. The molecule has 1 aromatic carbocycles. The molecular weight excluding hydrogens is 310 g/mol. The molecule has 0 unspecified atom stereocenters. The minimum Gasteiger partial charge on any atom is -0.473 e. The summed E-state index contributed by atoms with van der Waals surface area (Å²) in [6.07, 6.45) is 6.50. The van der Waals surface area contributed by atoms with Gasteiger partial charge in [-0.3, -0.25) is 0 Å². The first-order valence-corrected chi connectivity index (χ1v) is 8.32. The summed E-state index contributed by atoms with van der Waals surface area (Å²) in [5.74, 6) is 0.644. The van der Waals surface area contributed by atoms with E-state index in [9.17, 15) is 0 Å². The Labute approximate surface area is 146 Å². The Kier molecular flexibility index (Phi) is 4.17. The van der Waals surface area contributed by atoms with Crippen LogP contribution in [-0.2, 0) is 13.0 Å². The molecule has 0 saturated carbocycles. The van der Waals surface area contributed by atoms with Crippen molar-refractivity contribution in [2.45, 2.75) is 20.0 Å². The van der Waals surface area contributed by atoms with E-state index in [1.165, 1.54) is 11.1 Å². The van der Waals surface area contributed by atoms with Crippen LogP contribution in [0, 0.1) is 6.92 Å². The molecule has 4 nitrogen and oxygen atoms in total. The van der Waals surface area contributed by atoms with E-state index in [-0.39, 0.29) is 0 Å². The largest absolute Gasteiger partial charge is 0.473 e. The van der Waals surface area contributed by atoms with Crippen molar-refractivity contribution in [2.75, 3.05) is 0 Å². The molecule has 0 bridgehead atoms. The molecule has 124 valence electrons. The molecule has 3 heterocycles. The van der Waals surface area contributed by atoms with Crippen LogP contribution in [0.3, 0.4) is 0 Å². The van der Waals surface area contributed by atoms with Gasteiger partial charge in [-0.15, -0.1) is 0 Å². The van der Waals surface area contributed by atoms with E-state index in [2.05, 4.69) is 52.2 Å². The summed E-state index contributed by atoms with van der Waals surface area (Å²) in [7, 11) is 0. The first kappa shape index (κ1) is 15.4. The fourth-order valence-electron chi connectivity index (χ4n) is 2.94. The van der Waals surface area contributed by atoms with Gasteiger partial charge in [0.15, 0.2) is 0 Å². The molecular formula is C21H19N3O. The molecule has 4 rings (SSSR count). The van der Waals surface area contributed by atoms with Gasteiger partial charge in [0.2, 0.25) is 5.88 Å². The van der Waals surface area contributed by atoms with Gasteiger partial charge >= 0.3 is 0 Å². The third-order valence-electron chi connectivity index (χ3n) is 4.20. The average molecular weight is 329 g/mol. The Balaban J connectivity index is 1.43. The van der Waals surface area contributed by atoms with Crippen LogP contribution in [0.15, 0.2) is 67.1 Å². The lowest BCUT2D eigenvalue weighted by Crippen LogP contribution is -1.98. The van der Waals surface area contributed by atoms with Crippen LogP contribution in [0.4, 0.5) is 0 Å². The number of pyridine rings is 2. The Bertz CT molecular complexity index is 989. The topological polar surface area (TPSA) is 50.8 Å². The summed E-state index contributed by atoms with van der Waals surface area (Å²) in [4.78, 5) is 12.0. The molecule has 1 N–H and O–H groups in total. The number of aromatic amines is 1. The maximum absolute atomic E-state index is 5.78. The van der Waals surface area contributed by atoms with Crippen LogP contribution in [0.2, 0.25) is 0 Å². The molecule has 0 amide bonds. The third-order valence-corrected chi connectivity index (χ3v) is 4.20. The van der Waals surface area contributed by atoms with E-state index in [1.54, 1.807) is 6.20 Å². The summed E-state index contributed by atoms with van der Waals surface area (Å²) >= 11 is 0. The van der Waals surface area contributed by atoms with Gasteiger partial charge in [0.25, 0.3) is 0 Å². The molecule has 0 fully saturated rings. The van der Waals surface area contributed by atoms with Crippen molar-refractivity contribution in [1.82, 2.24) is 15.0 Å². The normalized spacial score (nSPS) is 10.9. The second kappa shape index (κ2) is 6.77. The predicted octanol–water partition coefficient (Wildman–Crippen LogP) is 4.44. The first-order valence-electron chi connectivity index (χ1n) is 8.32. The molecule has 0 aliphatic carbocycles. The standard InChI is InChI=1S/C21H19N3O/c1-15-4-2-5-17(10-15)14-25-20-8-7-16(12-23-20)11-18-13-24-21-19(18)6-3-9-22-21/h2-10,12-13H,11,14H2,1H3,(H,22,24). The van der Waals surface area contributed by atoms with Crippen molar-refractivity contribution >= 4 is 11.0 Å². The Morgan fingerprint density at radius 2 is 1.96 bits per heavy atom. The van der Waals surface area contributed by atoms with E-state index in [0.717, 1.165) is 28.6 Å². The van der Waals surface area contributed by atoms with Gasteiger partial charge in [0, 0.05) is 36.5 Å². The predicted molar refractivity (Wildman–Crippen MR) is 98.6 cm³/mol. The lowest BCUT2D eigenvalue weighted by atomic mass is 10.1. The molecule has 25 heavy (non-hydrogen) atoms. The number of hydrogen-bond donors (Lipinski definition) is 1. The smallest absolute Gasteiger partial charge is 0.213 e. The summed E-state index contributed by atoms with van der Waals surface area (Å²) in [6.45, 7) is 2.61. The number of ether oxygens (including phenoxy) is 1. The van der Waals surface area contributed by atoms with Gasteiger partial charge in [-0.05, 0) is 35.7 Å². The van der Waals surface area contributed by atoms with Crippen LogP contribution in [0.5, 0.6) is 5.88 Å². The molecule has 0 spiro atoms. The number of rotatable bonds is 5. The van der Waals surface area contributed by atoms with Gasteiger partial charge in [-0.25, -0.2) is 9.97 Å². The van der Waals surface area contributed by atoms with Gasteiger partial charge in [-0.1, -0.05) is 35.9 Å². The van der Waals surface area contributed by atoms with Crippen molar-refractivity contribution in [3.8, 4) is 5.88 Å². The SMILES string of the molecule is Cc1cccc(COc2ccc(Cc3c[nH]c4ncccc34)cn2)c1. The lowest BCUT2D eigenvalue weighted by molar-refractivity contribution is 0.293. The van der Waals surface area contributed by atoms with Crippen LogP contribution < -0.4 is 4.74 Å². The molecule has 4 heteroatoms. The summed E-state index contributed by atoms with van der Waals surface area (Å²) in [6, 6.07) is 16.3. The van der Waals surface area contributed by atoms with Crippen LogP contribution in [0.25, 0.3) is 11.0 Å². The average Bonchev–Trinajstić information content (AvgIpc) is 3.04.